The second-order valence-electron chi connectivity index (χ2n) is 5.02. The van der Waals surface area contributed by atoms with Gasteiger partial charge >= 0.3 is 0 Å². The predicted octanol–water partition coefficient (Wildman–Crippen LogP) is 4.23. The van der Waals surface area contributed by atoms with Crippen LogP contribution in [0.3, 0.4) is 0 Å². The largest absolute Gasteiger partial charge is 0.307 e. The van der Waals surface area contributed by atoms with Crippen molar-refractivity contribution in [3.05, 3.63) is 49.6 Å². The molecule has 0 radical (unpaired) electrons. The fourth-order valence-electron chi connectivity index (χ4n) is 2.62. The molecule has 1 atom stereocenters. The van der Waals surface area contributed by atoms with E-state index in [1.54, 1.807) is 11.3 Å². The second-order valence-corrected chi connectivity index (χ2v) is 6.99. The van der Waals surface area contributed by atoms with Crippen LogP contribution in [0, 0.1) is 5.82 Å². The van der Waals surface area contributed by atoms with E-state index in [2.05, 4.69) is 21.2 Å². The van der Waals surface area contributed by atoms with Crippen LogP contribution in [0.15, 0.2) is 22.7 Å². The van der Waals surface area contributed by atoms with Gasteiger partial charge in [-0.2, -0.15) is 0 Å². The summed E-state index contributed by atoms with van der Waals surface area (Å²) in [5.74, 6) is -0.234. The van der Waals surface area contributed by atoms with E-state index in [-0.39, 0.29) is 11.9 Å². The van der Waals surface area contributed by atoms with Crippen molar-refractivity contribution in [1.29, 1.82) is 0 Å². The smallest absolute Gasteiger partial charge is 0.137 e. The summed E-state index contributed by atoms with van der Waals surface area (Å²) < 4.78 is 13.9. The van der Waals surface area contributed by atoms with Crippen molar-refractivity contribution in [3.8, 4) is 0 Å². The molecule has 0 bridgehead atoms. The number of hydrogen-bond donors (Lipinski definition) is 1. The van der Waals surface area contributed by atoms with Gasteiger partial charge in [-0.3, -0.25) is 0 Å². The molecule has 0 saturated heterocycles. The van der Waals surface area contributed by atoms with Gasteiger partial charge in [0.05, 0.1) is 16.2 Å². The normalized spacial score (nSPS) is 15.9. The Morgan fingerprint density at radius 2 is 2.15 bits per heavy atom. The molecular weight excluding hydrogens is 339 g/mol. The van der Waals surface area contributed by atoms with Crippen molar-refractivity contribution < 1.29 is 4.39 Å². The van der Waals surface area contributed by atoms with Gasteiger partial charge in [0.25, 0.3) is 0 Å². The minimum atomic E-state index is -0.234. The number of benzene rings is 1. The topological polar surface area (TPSA) is 24.9 Å². The molecule has 1 heterocycles. The van der Waals surface area contributed by atoms with Crippen LogP contribution in [0.25, 0.3) is 0 Å². The number of thiazole rings is 1. The lowest BCUT2D eigenvalue weighted by atomic mass is 10.0. The summed E-state index contributed by atoms with van der Waals surface area (Å²) in [6.07, 6.45) is 4.75. The van der Waals surface area contributed by atoms with E-state index in [1.807, 2.05) is 19.2 Å². The zero-order valence-electron chi connectivity index (χ0n) is 11.2. The number of aryl methyl sites for hydroxylation is 2. The SMILES string of the molecule is CNC(c1ccc(F)c(Br)c1)c1nc2c(s1)CCCC2. The summed E-state index contributed by atoms with van der Waals surface area (Å²) in [5.41, 5.74) is 2.30. The van der Waals surface area contributed by atoms with Crippen LogP contribution in [0.1, 0.15) is 40.0 Å². The second kappa shape index (κ2) is 5.92. The van der Waals surface area contributed by atoms with Crippen molar-refractivity contribution in [2.75, 3.05) is 7.05 Å². The Morgan fingerprint density at radius 3 is 2.85 bits per heavy atom. The van der Waals surface area contributed by atoms with E-state index in [0.29, 0.717) is 4.47 Å². The summed E-state index contributed by atoms with van der Waals surface area (Å²) >= 11 is 5.04. The Balaban J connectivity index is 1.96. The Bertz CT molecular complexity index is 603. The fraction of sp³-hybridized carbons (Fsp3) is 0.400. The number of rotatable bonds is 3. The molecule has 106 valence electrons. The first-order valence-corrected chi connectivity index (χ1v) is 8.40. The van der Waals surface area contributed by atoms with E-state index < -0.39 is 0 Å². The number of hydrogen-bond acceptors (Lipinski definition) is 3. The molecule has 1 aliphatic carbocycles. The molecule has 1 aromatic carbocycles. The molecule has 5 heteroatoms. The monoisotopic (exact) mass is 354 g/mol. The van der Waals surface area contributed by atoms with Gasteiger partial charge in [0.15, 0.2) is 0 Å². The summed E-state index contributed by atoms with van der Waals surface area (Å²) in [6, 6.07) is 5.18. The molecule has 1 aromatic heterocycles. The van der Waals surface area contributed by atoms with Crippen molar-refractivity contribution >= 4 is 27.3 Å². The van der Waals surface area contributed by atoms with E-state index >= 15 is 0 Å². The van der Waals surface area contributed by atoms with Gasteiger partial charge in [0.2, 0.25) is 0 Å². The highest BCUT2D eigenvalue weighted by atomic mass is 79.9. The lowest BCUT2D eigenvalue weighted by Crippen LogP contribution is -2.17. The Labute approximate surface area is 130 Å². The van der Waals surface area contributed by atoms with Crippen LogP contribution in [0.4, 0.5) is 4.39 Å². The third kappa shape index (κ3) is 2.67. The van der Waals surface area contributed by atoms with Gasteiger partial charge in [0.1, 0.15) is 10.8 Å². The Hall–Kier alpha value is -0.780. The summed E-state index contributed by atoms with van der Waals surface area (Å²) in [5, 5.41) is 4.38. The Kier molecular flexibility index (Phi) is 4.19. The van der Waals surface area contributed by atoms with E-state index in [1.165, 1.54) is 29.5 Å². The van der Waals surface area contributed by atoms with Gasteiger partial charge in [-0.15, -0.1) is 11.3 Å². The van der Waals surface area contributed by atoms with Gasteiger partial charge in [-0.25, -0.2) is 9.37 Å². The van der Waals surface area contributed by atoms with Crippen molar-refractivity contribution in [2.24, 2.45) is 0 Å². The van der Waals surface area contributed by atoms with Crippen LogP contribution >= 0.6 is 27.3 Å². The molecule has 0 amide bonds. The molecule has 1 unspecified atom stereocenters. The summed E-state index contributed by atoms with van der Waals surface area (Å²) in [6.45, 7) is 0. The van der Waals surface area contributed by atoms with Gasteiger partial charge < -0.3 is 5.32 Å². The number of aromatic nitrogens is 1. The van der Waals surface area contributed by atoms with E-state index in [4.69, 9.17) is 4.98 Å². The van der Waals surface area contributed by atoms with Crippen molar-refractivity contribution in [2.45, 2.75) is 31.7 Å². The maximum atomic E-state index is 13.4. The average Bonchev–Trinajstić information content (AvgIpc) is 2.87. The lowest BCUT2D eigenvalue weighted by molar-refractivity contribution is 0.615. The molecule has 0 fully saturated rings. The molecule has 1 aliphatic rings. The van der Waals surface area contributed by atoms with Crippen LogP contribution < -0.4 is 5.32 Å². The number of nitrogens with one attached hydrogen (secondary N) is 1. The van der Waals surface area contributed by atoms with E-state index in [0.717, 1.165) is 23.4 Å². The highest BCUT2D eigenvalue weighted by Gasteiger charge is 2.21. The zero-order valence-corrected chi connectivity index (χ0v) is 13.7. The third-order valence-corrected chi connectivity index (χ3v) is 5.50. The highest BCUT2D eigenvalue weighted by molar-refractivity contribution is 9.10. The maximum Gasteiger partial charge on any atom is 0.137 e. The number of fused-ring (bicyclic) bond motifs is 1. The molecule has 2 aromatic rings. The zero-order chi connectivity index (χ0) is 14.1. The summed E-state index contributed by atoms with van der Waals surface area (Å²) in [7, 11) is 1.92. The molecule has 0 saturated carbocycles. The number of halogens is 2. The predicted molar refractivity (Wildman–Crippen MR) is 83.8 cm³/mol. The minimum Gasteiger partial charge on any atom is -0.307 e. The molecule has 2 nitrogen and oxygen atoms in total. The third-order valence-electron chi connectivity index (χ3n) is 3.67. The highest BCUT2D eigenvalue weighted by Crippen LogP contribution is 2.33. The first kappa shape index (κ1) is 14.2. The maximum absolute atomic E-state index is 13.4. The van der Waals surface area contributed by atoms with Gasteiger partial charge in [-0.05, 0) is 66.4 Å². The lowest BCUT2D eigenvalue weighted by Gasteiger charge is -2.14. The molecule has 20 heavy (non-hydrogen) atoms. The van der Waals surface area contributed by atoms with Crippen LogP contribution in [0.5, 0.6) is 0 Å². The van der Waals surface area contributed by atoms with Crippen LogP contribution in [-0.4, -0.2) is 12.0 Å². The molecule has 3 rings (SSSR count). The summed E-state index contributed by atoms with van der Waals surface area (Å²) in [4.78, 5) is 6.22. The quantitative estimate of drug-likeness (QED) is 0.891. The van der Waals surface area contributed by atoms with Crippen molar-refractivity contribution in [3.63, 3.8) is 0 Å². The van der Waals surface area contributed by atoms with Gasteiger partial charge in [-0.1, -0.05) is 6.07 Å². The average molecular weight is 355 g/mol. The van der Waals surface area contributed by atoms with Gasteiger partial charge in [0, 0.05) is 4.88 Å². The first-order valence-electron chi connectivity index (χ1n) is 6.79. The number of nitrogens with zero attached hydrogens (tertiary/aromatic N) is 1. The standard InChI is InChI=1S/C15H16BrFN2S/c1-18-14(9-6-7-11(17)10(16)8-9)15-19-12-4-2-3-5-13(12)20-15/h6-8,14,18H,2-5H2,1H3. The first-order chi connectivity index (χ1) is 9.69. The Morgan fingerprint density at radius 1 is 1.35 bits per heavy atom. The molecular formula is C15H16BrFN2S. The van der Waals surface area contributed by atoms with Crippen LogP contribution in [0.2, 0.25) is 0 Å². The van der Waals surface area contributed by atoms with E-state index in [9.17, 15) is 4.39 Å². The molecule has 1 N–H and O–H groups in total. The molecule has 0 aliphatic heterocycles. The molecule has 0 spiro atoms. The minimum absolute atomic E-state index is 0.0301. The van der Waals surface area contributed by atoms with Crippen LogP contribution in [-0.2, 0) is 12.8 Å². The fourth-order valence-corrected chi connectivity index (χ4v) is 4.31. The van der Waals surface area contributed by atoms with Crippen molar-refractivity contribution in [1.82, 2.24) is 10.3 Å².